The van der Waals surface area contributed by atoms with E-state index in [0.29, 0.717) is 19.0 Å². The van der Waals surface area contributed by atoms with Crippen molar-refractivity contribution in [2.75, 3.05) is 18.9 Å². The van der Waals surface area contributed by atoms with Gasteiger partial charge >= 0.3 is 11.9 Å². The van der Waals surface area contributed by atoms with Crippen molar-refractivity contribution in [2.45, 2.75) is 45.3 Å². The molecular weight excluding hydrogens is 341 g/mol. The number of ether oxygens (including phenoxy) is 1. The molecule has 2 rings (SSSR count). The standard InChI is InChI=1S/C18H26NO5P/c1-2-3-12-25(22,23-13-15-8-5-4-6-9-15)14-17(20)24-18(21)16-10-7-11-19-16/h4-6,8-9,16,19H,2-3,7,10-14H2,1H3/t16-,25?/m0/s1. The van der Waals surface area contributed by atoms with Crippen molar-refractivity contribution in [3.8, 4) is 0 Å². The maximum absolute atomic E-state index is 13.0. The van der Waals surface area contributed by atoms with Crippen molar-refractivity contribution in [3.63, 3.8) is 0 Å². The highest BCUT2D eigenvalue weighted by Crippen LogP contribution is 2.48. The second-order valence-corrected chi connectivity index (χ2v) is 8.90. The van der Waals surface area contributed by atoms with Gasteiger partial charge in [0.15, 0.2) is 0 Å². The van der Waals surface area contributed by atoms with Crippen LogP contribution in [0.1, 0.15) is 38.2 Å². The minimum absolute atomic E-state index is 0.174. The van der Waals surface area contributed by atoms with Gasteiger partial charge in [0.05, 0.1) is 6.61 Å². The molecule has 1 aliphatic rings. The largest absolute Gasteiger partial charge is 0.392 e. The van der Waals surface area contributed by atoms with Gasteiger partial charge in [-0.3, -0.25) is 9.36 Å². The van der Waals surface area contributed by atoms with Gasteiger partial charge in [0, 0.05) is 6.16 Å². The molecular formula is C18H26NO5P. The number of rotatable bonds is 9. The normalized spacial score (nSPS) is 19.3. The zero-order chi connectivity index (χ0) is 18.1. The average molecular weight is 367 g/mol. The van der Waals surface area contributed by atoms with E-state index in [9.17, 15) is 14.2 Å². The third kappa shape index (κ3) is 6.73. The monoisotopic (exact) mass is 367 g/mol. The van der Waals surface area contributed by atoms with Crippen LogP contribution < -0.4 is 5.32 Å². The Balaban J connectivity index is 1.91. The number of esters is 2. The van der Waals surface area contributed by atoms with Crippen molar-refractivity contribution >= 4 is 19.3 Å². The number of hydrogen-bond acceptors (Lipinski definition) is 6. The SMILES string of the molecule is CCCCP(=O)(CC(=O)OC(=O)[C@@H]1CCCN1)OCc1ccccc1. The molecule has 138 valence electrons. The second-order valence-electron chi connectivity index (χ2n) is 6.25. The predicted molar refractivity (Wildman–Crippen MR) is 95.6 cm³/mol. The lowest BCUT2D eigenvalue weighted by Crippen LogP contribution is -2.34. The van der Waals surface area contributed by atoms with Gasteiger partial charge < -0.3 is 14.6 Å². The van der Waals surface area contributed by atoms with Crippen LogP contribution in [0.5, 0.6) is 0 Å². The van der Waals surface area contributed by atoms with Crippen molar-refractivity contribution in [2.24, 2.45) is 0 Å². The topological polar surface area (TPSA) is 81.7 Å². The summed E-state index contributed by atoms with van der Waals surface area (Å²) in [6.45, 7) is 2.89. The maximum atomic E-state index is 13.0. The number of unbranched alkanes of at least 4 members (excludes halogenated alkanes) is 1. The summed E-state index contributed by atoms with van der Waals surface area (Å²) in [5.74, 6) is -1.36. The summed E-state index contributed by atoms with van der Waals surface area (Å²) in [4.78, 5) is 24.0. The Morgan fingerprint density at radius 3 is 2.68 bits per heavy atom. The van der Waals surface area contributed by atoms with Crippen molar-refractivity contribution in [1.82, 2.24) is 5.32 Å². The van der Waals surface area contributed by atoms with E-state index in [1.807, 2.05) is 37.3 Å². The molecule has 1 aliphatic heterocycles. The van der Waals surface area contributed by atoms with Crippen LogP contribution in [0.3, 0.4) is 0 Å². The van der Waals surface area contributed by atoms with Gasteiger partial charge in [-0.2, -0.15) is 0 Å². The molecule has 1 heterocycles. The van der Waals surface area contributed by atoms with Gasteiger partial charge in [0.25, 0.3) is 0 Å². The molecule has 0 spiro atoms. The van der Waals surface area contributed by atoms with Crippen LogP contribution in [-0.2, 0) is 30.0 Å². The minimum atomic E-state index is -3.19. The Kier molecular flexibility index (Phi) is 7.82. The number of carbonyl (C=O) groups is 2. The van der Waals surface area contributed by atoms with Crippen molar-refractivity contribution in [1.29, 1.82) is 0 Å². The van der Waals surface area contributed by atoms with Gasteiger partial charge in [-0.15, -0.1) is 0 Å². The van der Waals surface area contributed by atoms with Crippen LogP contribution in [0, 0.1) is 0 Å². The van der Waals surface area contributed by atoms with E-state index in [2.05, 4.69) is 5.32 Å². The Hall–Kier alpha value is -1.49. The molecule has 0 aromatic heterocycles. The molecule has 0 saturated carbocycles. The molecule has 0 amide bonds. The summed E-state index contributed by atoms with van der Waals surface area (Å²) < 4.78 is 23.5. The molecule has 0 bridgehead atoms. The lowest BCUT2D eigenvalue weighted by molar-refractivity contribution is -0.159. The van der Waals surface area contributed by atoms with E-state index in [1.165, 1.54) is 0 Å². The van der Waals surface area contributed by atoms with Gasteiger partial charge in [0.1, 0.15) is 12.2 Å². The second kappa shape index (κ2) is 9.85. The first kappa shape index (κ1) is 19.8. The molecule has 1 unspecified atom stereocenters. The first-order valence-electron chi connectivity index (χ1n) is 8.77. The van der Waals surface area contributed by atoms with Gasteiger partial charge in [-0.25, -0.2) is 4.79 Å². The van der Waals surface area contributed by atoms with Crippen LogP contribution in [-0.4, -0.2) is 36.8 Å². The molecule has 6 nitrogen and oxygen atoms in total. The fourth-order valence-corrected chi connectivity index (χ4v) is 4.67. The van der Waals surface area contributed by atoms with E-state index in [1.54, 1.807) is 0 Å². The maximum Gasteiger partial charge on any atom is 0.330 e. The number of carbonyl (C=O) groups excluding carboxylic acids is 2. The molecule has 2 atom stereocenters. The van der Waals surface area contributed by atoms with Gasteiger partial charge in [0.2, 0.25) is 7.37 Å². The highest BCUT2D eigenvalue weighted by molar-refractivity contribution is 7.59. The fraction of sp³-hybridized carbons (Fsp3) is 0.556. The van der Waals surface area contributed by atoms with E-state index >= 15 is 0 Å². The smallest absolute Gasteiger partial charge is 0.330 e. The summed E-state index contributed by atoms with van der Waals surface area (Å²) in [6.07, 6.45) is 3.02. The molecule has 1 saturated heterocycles. The summed E-state index contributed by atoms with van der Waals surface area (Å²) in [5.41, 5.74) is 0.888. The zero-order valence-corrected chi connectivity index (χ0v) is 15.5. The molecule has 1 aromatic carbocycles. The predicted octanol–water partition coefficient (Wildman–Crippen LogP) is 3.10. The van der Waals surface area contributed by atoms with E-state index in [-0.39, 0.29) is 12.8 Å². The minimum Gasteiger partial charge on any atom is -0.392 e. The molecule has 25 heavy (non-hydrogen) atoms. The van der Waals surface area contributed by atoms with Crippen molar-refractivity contribution in [3.05, 3.63) is 35.9 Å². The van der Waals surface area contributed by atoms with E-state index in [0.717, 1.165) is 24.9 Å². The van der Waals surface area contributed by atoms with Crippen LogP contribution in [0.2, 0.25) is 0 Å². The lowest BCUT2D eigenvalue weighted by atomic mass is 10.2. The Bertz CT molecular complexity index is 613. The molecule has 0 radical (unpaired) electrons. The highest BCUT2D eigenvalue weighted by atomic mass is 31.2. The number of hydrogen-bond donors (Lipinski definition) is 1. The molecule has 1 aromatic rings. The average Bonchev–Trinajstić information content (AvgIpc) is 3.14. The first-order valence-corrected chi connectivity index (χ1v) is 10.8. The summed E-state index contributed by atoms with van der Waals surface area (Å²) in [7, 11) is -3.19. The molecule has 1 fully saturated rings. The first-order chi connectivity index (χ1) is 12.0. The van der Waals surface area contributed by atoms with Crippen LogP contribution >= 0.6 is 7.37 Å². The van der Waals surface area contributed by atoms with Gasteiger partial charge in [-0.1, -0.05) is 43.7 Å². The summed E-state index contributed by atoms with van der Waals surface area (Å²) >= 11 is 0. The third-order valence-electron chi connectivity index (χ3n) is 4.09. The van der Waals surface area contributed by atoms with Crippen molar-refractivity contribution < 1.29 is 23.4 Å². The van der Waals surface area contributed by atoms with Crippen LogP contribution in [0.25, 0.3) is 0 Å². The van der Waals surface area contributed by atoms with Crippen LogP contribution in [0.4, 0.5) is 0 Å². The molecule has 0 aliphatic carbocycles. The summed E-state index contributed by atoms with van der Waals surface area (Å²) in [6, 6.07) is 8.94. The van der Waals surface area contributed by atoms with Crippen LogP contribution in [0.15, 0.2) is 30.3 Å². The van der Waals surface area contributed by atoms with E-state index < -0.39 is 25.3 Å². The quantitative estimate of drug-likeness (QED) is 0.410. The Morgan fingerprint density at radius 2 is 2.04 bits per heavy atom. The van der Waals surface area contributed by atoms with E-state index in [4.69, 9.17) is 9.26 Å². The lowest BCUT2D eigenvalue weighted by Gasteiger charge is -2.18. The highest BCUT2D eigenvalue weighted by Gasteiger charge is 2.31. The summed E-state index contributed by atoms with van der Waals surface area (Å²) in [5, 5.41) is 2.98. The molecule has 7 heteroatoms. The number of nitrogens with one attached hydrogen (secondary N) is 1. The third-order valence-corrected chi connectivity index (χ3v) is 6.43. The zero-order valence-electron chi connectivity index (χ0n) is 14.6. The fourth-order valence-electron chi connectivity index (χ4n) is 2.65. The number of benzene rings is 1. The molecule has 1 N–H and O–H groups in total. The Morgan fingerprint density at radius 1 is 1.28 bits per heavy atom. The van der Waals surface area contributed by atoms with Gasteiger partial charge in [-0.05, 0) is 31.4 Å². The Labute approximate surface area is 148 Å².